The Labute approximate surface area is 111 Å². The predicted molar refractivity (Wildman–Crippen MR) is 65.8 cm³/mol. The molecule has 0 aliphatic carbocycles. The first-order chi connectivity index (χ1) is 8.81. The highest BCUT2D eigenvalue weighted by molar-refractivity contribution is 5.85. The Bertz CT molecular complexity index is 447. The van der Waals surface area contributed by atoms with E-state index in [0.29, 0.717) is 18.9 Å². The summed E-state index contributed by atoms with van der Waals surface area (Å²) in [5.41, 5.74) is -0.537. The Hall–Kier alpha value is -2.05. The Morgan fingerprint density at radius 1 is 1.42 bits per heavy atom. The lowest BCUT2D eigenvalue weighted by Gasteiger charge is -2.19. The molecule has 19 heavy (non-hydrogen) atoms. The van der Waals surface area contributed by atoms with E-state index in [2.05, 4.69) is 15.0 Å². The minimum atomic E-state index is -0.584. The molecule has 0 fully saturated rings. The number of nitrogens with zero attached hydrogens (tertiary/aromatic N) is 1. The topological polar surface area (TPSA) is 90.7 Å². The number of aromatic nitrogens is 1. The molecule has 106 valence electrons. The van der Waals surface area contributed by atoms with E-state index < -0.39 is 17.7 Å². The van der Waals surface area contributed by atoms with Crippen molar-refractivity contribution in [3.63, 3.8) is 0 Å². The third-order valence-corrected chi connectivity index (χ3v) is 1.95. The summed E-state index contributed by atoms with van der Waals surface area (Å²) in [6.07, 6.45) is 1.14. The van der Waals surface area contributed by atoms with Crippen LogP contribution in [-0.2, 0) is 15.9 Å². The van der Waals surface area contributed by atoms with Crippen LogP contribution in [0.1, 0.15) is 37.2 Å². The Morgan fingerprint density at radius 2 is 2.11 bits per heavy atom. The number of oxazole rings is 1. The molecule has 0 aromatic carbocycles. The van der Waals surface area contributed by atoms with Crippen molar-refractivity contribution in [1.82, 2.24) is 10.3 Å². The Morgan fingerprint density at radius 3 is 2.68 bits per heavy atom. The van der Waals surface area contributed by atoms with Gasteiger partial charge < -0.3 is 19.2 Å². The van der Waals surface area contributed by atoms with Crippen molar-refractivity contribution in [3.05, 3.63) is 17.8 Å². The second kappa shape index (κ2) is 6.21. The van der Waals surface area contributed by atoms with Gasteiger partial charge in [-0.3, -0.25) is 0 Å². The molecule has 0 radical (unpaired) electrons. The molecule has 0 saturated heterocycles. The summed E-state index contributed by atoms with van der Waals surface area (Å²) in [5.74, 6) is -0.204. The number of rotatable bonds is 4. The second-order valence-corrected chi connectivity index (χ2v) is 4.79. The van der Waals surface area contributed by atoms with Gasteiger partial charge in [-0.2, -0.15) is 0 Å². The largest absolute Gasteiger partial charge is 0.463 e. The first kappa shape index (κ1) is 15.0. The van der Waals surface area contributed by atoms with Crippen molar-refractivity contribution in [2.24, 2.45) is 0 Å². The first-order valence-electron chi connectivity index (χ1n) is 5.81. The monoisotopic (exact) mass is 270 g/mol. The van der Waals surface area contributed by atoms with Crippen LogP contribution in [0.15, 0.2) is 10.6 Å². The maximum absolute atomic E-state index is 11.4. The summed E-state index contributed by atoms with van der Waals surface area (Å²) >= 11 is 0. The quantitative estimate of drug-likeness (QED) is 0.834. The Kier molecular flexibility index (Phi) is 4.91. The van der Waals surface area contributed by atoms with Crippen molar-refractivity contribution < 1.29 is 23.5 Å². The second-order valence-electron chi connectivity index (χ2n) is 4.79. The molecule has 1 heterocycles. The van der Waals surface area contributed by atoms with Gasteiger partial charge in [0.25, 0.3) is 0 Å². The molecule has 7 nitrogen and oxygen atoms in total. The van der Waals surface area contributed by atoms with Gasteiger partial charge in [0.1, 0.15) is 5.60 Å². The van der Waals surface area contributed by atoms with Gasteiger partial charge in [0.2, 0.25) is 5.76 Å². The first-order valence-corrected chi connectivity index (χ1v) is 5.81. The van der Waals surface area contributed by atoms with Crippen LogP contribution in [-0.4, -0.2) is 36.3 Å². The molecule has 1 N–H and O–H groups in total. The van der Waals surface area contributed by atoms with E-state index in [4.69, 9.17) is 9.15 Å². The molecule has 1 aromatic rings. The van der Waals surface area contributed by atoms with E-state index in [9.17, 15) is 9.59 Å². The zero-order chi connectivity index (χ0) is 14.5. The third kappa shape index (κ3) is 5.41. The molecular formula is C12H18N2O5. The number of methoxy groups -OCH3 is 1. The predicted octanol–water partition coefficient (Wildman–Crippen LogP) is 1.53. The van der Waals surface area contributed by atoms with E-state index in [1.165, 1.54) is 13.3 Å². The zero-order valence-corrected chi connectivity index (χ0v) is 11.5. The molecule has 0 spiro atoms. The molecule has 0 atom stereocenters. The molecule has 0 bridgehead atoms. The molecule has 0 aliphatic rings. The fraction of sp³-hybridized carbons (Fsp3) is 0.583. The molecule has 0 saturated carbocycles. The number of carbonyl (C=O) groups is 2. The van der Waals surface area contributed by atoms with Gasteiger partial charge in [0.05, 0.1) is 13.3 Å². The number of amides is 1. The number of alkyl carbamates (subject to hydrolysis) is 1. The van der Waals surface area contributed by atoms with Crippen LogP contribution in [0.25, 0.3) is 0 Å². The van der Waals surface area contributed by atoms with Gasteiger partial charge in [-0.25, -0.2) is 14.6 Å². The van der Waals surface area contributed by atoms with Crippen LogP contribution in [0.2, 0.25) is 0 Å². The molecule has 1 rings (SSSR count). The standard InChI is InChI=1S/C12H18N2O5/c1-12(2,3)19-11(16)13-6-5-9-14-7-8(18-9)10(15)17-4/h7H,5-6H2,1-4H3,(H,13,16). The van der Waals surface area contributed by atoms with Gasteiger partial charge in [0, 0.05) is 13.0 Å². The highest BCUT2D eigenvalue weighted by Crippen LogP contribution is 2.07. The van der Waals surface area contributed by atoms with Crippen LogP contribution >= 0.6 is 0 Å². The highest BCUT2D eigenvalue weighted by atomic mass is 16.6. The Balaban J connectivity index is 2.35. The van der Waals surface area contributed by atoms with E-state index in [0.717, 1.165) is 0 Å². The van der Waals surface area contributed by atoms with Gasteiger partial charge in [0.15, 0.2) is 5.89 Å². The van der Waals surface area contributed by atoms with Crippen LogP contribution < -0.4 is 5.32 Å². The number of nitrogens with one attached hydrogen (secondary N) is 1. The van der Waals surface area contributed by atoms with Crippen LogP contribution in [0.4, 0.5) is 4.79 Å². The lowest BCUT2D eigenvalue weighted by Crippen LogP contribution is -2.33. The minimum absolute atomic E-state index is 0.0368. The average Bonchev–Trinajstić information content (AvgIpc) is 2.74. The lowest BCUT2D eigenvalue weighted by atomic mass is 10.2. The van der Waals surface area contributed by atoms with Crippen molar-refractivity contribution in [2.45, 2.75) is 32.8 Å². The van der Waals surface area contributed by atoms with Crippen molar-refractivity contribution in [1.29, 1.82) is 0 Å². The number of hydrogen-bond acceptors (Lipinski definition) is 6. The molecule has 7 heteroatoms. The fourth-order valence-electron chi connectivity index (χ4n) is 1.21. The third-order valence-electron chi connectivity index (χ3n) is 1.95. The van der Waals surface area contributed by atoms with Gasteiger partial charge in [-0.05, 0) is 20.8 Å². The number of carbonyl (C=O) groups excluding carboxylic acids is 2. The summed E-state index contributed by atoms with van der Waals surface area (Å²) in [7, 11) is 1.26. The van der Waals surface area contributed by atoms with Gasteiger partial charge in [-0.1, -0.05) is 0 Å². The van der Waals surface area contributed by atoms with Crippen molar-refractivity contribution >= 4 is 12.1 Å². The number of esters is 1. The lowest BCUT2D eigenvalue weighted by molar-refractivity contribution is 0.0522. The summed E-state index contributed by atoms with van der Waals surface area (Å²) in [5, 5.41) is 2.56. The highest BCUT2D eigenvalue weighted by Gasteiger charge is 2.16. The minimum Gasteiger partial charge on any atom is -0.463 e. The summed E-state index contributed by atoms with van der Waals surface area (Å²) in [6, 6.07) is 0. The number of hydrogen-bond donors (Lipinski definition) is 1. The van der Waals surface area contributed by atoms with Crippen molar-refractivity contribution in [3.8, 4) is 0 Å². The van der Waals surface area contributed by atoms with Crippen molar-refractivity contribution in [2.75, 3.05) is 13.7 Å². The van der Waals surface area contributed by atoms with Gasteiger partial charge in [-0.15, -0.1) is 0 Å². The molecule has 1 aromatic heterocycles. The molecule has 0 unspecified atom stereocenters. The maximum atomic E-state index is 11.4. The zero-order valence-electron chi connectivity index (χ0n) is 11.5. The van der Waals surface area contributed by atoms with Gasteiger partial charge >= 0.3 is 12.1 Å². The van der Waals surface area contributed by atoms with E-state index >= 15 is 0 Å². The average molecular weight is 270 g/mol. The van der Waals surface area contributed by atoms with Crippen LogP contribution in [0, 0.1) is 0 Å². The number of ether oxygens (including phenoxy) is 2. The summed E-state index contributed by atoms with van der Waals surface area (Å²) in [4.78, 5) is 26.4. The van der Waals surface area contributed by atoms with E-state index in [1.807, 2.05) is 0 Å². The smallest absolute Gasteiger partial charge is 0.407 e. The van der Waals surface area contributed by atoms with Crippen LogP contribution in [0.5, 0.6) is 0 Å². The maximum Gasteiger partial charge on any atom is 0.407 e. The molecule has 0 aliphatic heterocycles. The molecular weight excluding hydrogens is 252 g/mol. The summed E-state index contributed by atoms with van der Waals surface area (Å²) < 4.78 is 14.7. The van der Waals surface area contributed by atoms with E-state index in [-0.39, 0.29) is 5.76 Å². The SMILES string of the molecule is COC(=O)c1cnc(CCNC(=O)OC(C)(C)C)o1. The normalized spacial score (nSPS) is 10.9. The van der Waals surface area contributed by atoms with E-state index in [1.54, 1.807) is 20.8 Å². The van der Waals surface area contributed by atoms with Crippen LogP contribution in [0.3, 0.4) is 0 Å². The summed E-state index contributed by atoms with van der Waals surface area (Å²) in [6.45, 7) is 5.64. The fourth-order valence-corrected chi connectivity index (χ4v) is 1.21. The molecule has 1 amide bonds.